The Bertz CT molecular complexity index is 1530. The van der Waals surface area contributed by atoms with Gasteiger partial charge in [-0.15, -0.1) is 0 Å². The highest BCUT2D eigenvalue weighted by Gasteiger charge is 2.23. The molecule has 6 aromatic rings. The maximum Gasteiger partial charge on any atom is 0.256 e. The SMILES string of the molecule is Cc1ccccc1-c1c2oc3c(ccc4oc5ccccc5c43)c2cc[n+]1C. The zero-order valence-corrected chi connectivity index (χ0v) is 15.7. The van der Waals surface area contributed by atoms with Crippen molar-refractivity contribution < 1.29 is 13.4 Å². The van der Waals surface area contributed by atoms with Gasteiger partial charge in [-0.3, -0.25) is 0 Å². The number of aromatic nitrogens is 1. The number of furan rings is 2. The van der Waals surface area contributed by atoms with Gasteiger partial charge in [0.05, 0.1) is 10.9 Å². The van der Waals surface area contributed by atoms with E-state index in [1.54, 1.807) is 0 Å². The number of nitrogens with zero attached hydrogens (tertiary/aromatic N) is 1. The Morgan fingerprint density at radius 1 is 0.679 bits per heavy atom. The van der Waals surface area contributed by atoms with Crippen LogP contribution >= 0.6 is 0 Å². The summed E-state index contributed by atoms with van der Waals surface area (Å²) in [5.41, 5.74) is 7.04. The van der Waals surface area contributed by atoms with E-state index in [0.29, 0.717) is 0 Å². The van der Waals surface area contributed by atoms with Crippen LogP contribution in [0.3, 0.4) is 0 Å². The number of pyridine rings is 1. The Morgan fingerprint density at radius 3 is 2.36 bits per heavy atom. The van der Waals surface area contributed by atoms with E-state index in [4.69, 9.17) is 8.83 Å². The third-order valence-corrected chi connectivity index (χ3v) is 5.67. The molecule has 0 fully saturated rings. The molecule has 0 atom stereocenters. The van der Waals surface area contributed by atoms with Crippen molar-refractivity contribution in [2.45, 2.75) is 6.92 Å². The summed E-state index contributed by atoms with van der Waals surface area (Å²) in [6.45, 7) is 2.14. The number of rotatable bonds is 1. The first-order chi connectivity index (χ1) is 13.7. The molecule has 0 bridgehead atoms. The number of benzene rings is 3. The lowest BCUT2D eigenvalue weighted by atomic mass is 10.0. The first kappa shape index (κ1) is 15.5. The van der Waals surface area contributed by atoms with E-state index in [-0.39, 0.29) is 0 Å². The van der Waals surface area contributed by atoms with Gasteiger partial charge in [0.1, 0.15) is 23.8 Å². The van der Waals surface area contributed by atoms with Crippen LogP contribution in [0.2, 0.25) is 0 Å². The van der Waals surface area contributed by atoms with Crippen LogP contribution in [0.5, 0.6) is 0 Å². The van der Waals surface area contributed by atoms with Crippen LogP contribution in [0.1, 0.15) is 5.56 Å². The summed E-state index contributed by atoms with van der Waals surface area (Å²) in [6.07, 6.45) is 2.11. The normalized spacial score (nSPS) is 11.9. The van der Waals surface area contributed by atoms with Gasteiger partial charge in [-0.25, -0.2) is 0 Å². The summed E-state index contributed by atoms with van der Waals surface area (Å²) < 4.78 is 14.8. The predicted molar refractivity (Wildman–Crippen MR) is 112 cm³/mol. The Morgan fingerprint density at radius 2 is 1.46 bits per heavy atom. The number of hydrogen-bond donors (Lipinski definition) is 0. The predicted octanol–water partition coefficient (Wildman–Crippen LogP) is 6.29. The van der Waals surface area contributed by atoms with Gasteiger partial charge in [-0.2, -0.15) is 4.57 Å². The van der Waals surface area contributed by atoms with Gasteiger partial charge in [-0.05, 0) is 36.8 Å². The molecule has 0 aliphatic carbocycles. The molecular formula is C25H18NO2+. The van der Waals surface area contributed by atoms with E-state index in [2.05, 4.69) is 67.2 Å². The van der Waals surface area contributed by atoms with Crippen LogP contribution in [-0.4, -0.2) is 0 Å². The molecule has 3 heterocycles. The molecule has 134 valence electrons. The Hall–Kier alpha value is -3.59. The maximum atomic E-state index is 6.57. The lowest BCUT2D eigenvalue weighted by Crippen LogP contribution is -2.30. The van der Waals surface area contributed by atoms with Gasteiger partial charge in [0.25, 0.3) is 5.69 Å². The summed E-state index contributed by atoms with van der Waals surface area (Å²) >= 11 is 0. The van der Waals surface area contributed by atoms with E-state index in [1.807, 2.05) is 24.3 Å². The van der Waals surface area contributed by atoms with Gasteiger partial charge >= 0.3 is 0 Å². The molecule has 28 heavy (non-hydrogen) atoms. The molecule has 0 aliphatic heterocycles. The number of aryl methyl sites for hydroxylation is 2. The van der Waals surface area contributed by atoms with Gasteiger partial charge in [-0.1, -0.05) is 36.4 Å². The van der Waals surface area contributed by atoms with Crippen molar-refractivity contribution in [3.05, 3.63) is 78.5 Å². The summed E-state index contributed by atoms with van der Waals surface area (Å²) in [5.74, 6) is 0. The first-order valence-corrected chi connectivity index (χ1v) is 9.43. The largest absolute Gasteiger partial charge is 0.456 e. The highest BCUT2D eigenvalue weighted by atomic mass is 16.3. The Kier molecular flexibility index (Phi) is 3.01. The molecule has 3 heteroatoms. The molecule has 3 nitrogen and oxygen atoms in total. The second-order valence-corrected chi connectivity index (χ2v) is 7.35. The molecule has 0 amide bonds. The molecule has 0 radical (unpaired) electrons. The fraction of sp³-hybridized carbons (Fsp3) is 0.0800. The fourth-order valence-electron chi connectivity index (χ4n) is 4.30. The lowest BCUT2D eigenvalue weighted by Gasteiger charge is -2.04. The van der Waals surface area contributed by atoms with E-state index in [0.717, 1.165) is 49.6 Å². The number of fused-ring (bicyclic) bond motifs is 7. The number of para-hydroxylation sites is 1. The minimum absolute atomic E-state index is 0.856. The molecule has 0 saturated carbocycles. The summed E-state index contributed by atoms with van der Waals surface area (Å²) in [6, 6.07) is 22.9. The van der Waals surface area contributed by atoms with Crippen LogP contribution in [0.15, 0.2) is 81.8 Å². The monoisotopic (exact) mass is 364 g/mol. The average molecular weight is 364 g/mol. The third-order valence-electron chi connectivity index (χ3n) is 5.67. The topological polar surface area (TPSA) is 30.2 Å². The van der Waals surface area contributed by atoms with Crippen molar-refractivity contribution in [3.8, 4) is 11.3 Å². The standard InChI is InChI=1S/C25H18NO2/c1-15-7-3-4-8-16(15)23-25-18(13-14-26(23)2)17-11-12-21-22(24(17)28-25)19-9-5-6-10-20(19)27-21/h3-14H,1-2H3/q+1. The van der Waals surface area contributed by atoms with Crippen LogP contribution in [0, 0.1) is 6.92 Å². The van der Waals surface area contributed by atoms with Crippen molar-refractivity contribution in [2.75, 3.05) is 0 Å². The second-order valence-electron chi connectivity index (χ2n) is 7.35. The Labute approximate surface area is 161 Å². The maximum absolute atomic E-state index is 6.57. The van der Waals surface area contributed by atoms with E-state index < -0.39 is 0 Å². The van der Waals surface area contributed by atoms with Gasteiger partial charge in [0.2, 0.25) is 5.58 Å². The second kappa shape index (κ2) is 5.46. The van der Waals surface area contributed by atoms with Gasteiger partial charge in [0.15, 0.2) is 6.20 Å². The van der Waals surface area contributed by atoms with E-state index in [9.17, 15) is 0 Å². The summed E-state index contributed by atoms with van der Waals surface area (Å²) in [4.78, 5) is 0. The van der Waals surface area contributed by atoms with Crippen LogP contribution < -0.4 is 4.57 Å². The van der Waals surface area contributed by atoms with Crippen LogP contribution in [0.4, 0.5) is 0 Å². The third kappa shape index (κ3) is 1.96. The van der Waals surface area contributed by atoms with Crippen molar-refractivity contribution in [3.63, 3.8) is 0 Å². The summed E-state index contributed by atoms with van der Waals surface area (Å²) in [7, 11) is 2.07. The highest BCUT2D eigenvalue weighted by molar-refractivity contribution is 6.22. The highest BCUT2D eigenvalue weighted by Crippen LogP contribution is 2.41. The smallest absolute Gasteiger partial charge is 0.256 e. The molecule has 0 N–H and O–H groups in total. The molecule has 0 aliphatic rings. The molecule has 0 spiro atoms. The molecule has 6 rings (SSSR count). The minimum Gasteiger partial charge on any atom is -0.456 e. The zero-order chi connectivity index (χ0) is 18.8. The quantitative estimate of drug-likeness (QED) is 0.321. The van der Waals surface area contributed by atoms with E-state index >= 15 is 0 Å². The molecule has 0 unspecified atom stereocenters. The van der Waals surface area contributed by atoms with Crippen LogP contribution in [0.25, 0.3) is 55.1 Å². The van der Waals surface area contributed by atoms with Crippen molar-refractivity contribution in [1.82, 2.24) is 0 Å². The summed E-state index contributed by atoms with van der Waals surface area (Å²) in [5, 5.41) is 4.37. The van der Waals surface area contributed by atoms with Crippen molar-refractivity contribution in [2.24, 2.45) is 7.05 Å². The average Bonchev–Trinajstić information content (AvgIpc) is 3.26. The van der Waals surface area contributed by atoms with E-state index in [1.165, 1.54) is 11.1 Å². The number of hydrogen-bond acceptors (Lipinski definition) is 2. The molecule has 3 aromatic heterocycles. The fourth-order valence-corrected chi connectivity index (χ4v) is 4.30. The first-order valence-electron chi connectivity index (χ1n) is 9.43. The lowest BCUT2D eigenvalue weighted by molar-refractivity contribution is -0.659. The zero-order valence-electron chi connectivity index (χ0n) is 15.7. The van der Waals surface area contributed by atoms with Crippen molar-refractivity contribution in [1.29, 1.82) is 0 Å². The molecule has 3 aromatic carbocycles. The Balaban J connectivity index is 1.82. The van der Waals surface area contributed by atoms with Crippen molar-refractivity contribution >= 4 is 43.9 Å². The molecule has 0 saturated heterocycles. The van der Waals surface area contributed by atoms with Gasteiger partial charge in [0, 0.05) is 22.2 Å². The molecular weight excluding hydrogens is 346 g/mol. The minimum atomic E-state index is 0.856. The van der Waals surface area contributed by atoms with Crippen LogP contribution in [-0.2, 0) is 7.05 Å². The van der Waals surface area contributed by atoms with Gasteiger partial charge < -0.3 is 8.83 Å².